The van der Waals surface area contributed by atoms with Gasteiger partial charge in [-0.3, -0.25) is 4.79 Å². The Morgan fingerprint density at radius 3 is 2.80 bits per heavy atom. The number of hydrogen-bond acceptors (Lipinski definition) is 3. The molecular formula is C13H15ClFNO3S. The molecule has 1 aliphatic heterocycles. The fraction of sp³-hybridized carbons (Fsp3) is 0.462. The Kier molecular flexibility index (Phi) is 4.34. The SMILES string of the molecule is CS(=O)(=O)CCC(=O)N1CCCc2ccc(F)c(Cl)c21. The minimum absolute atomic E-state index is 0.0742. The molecule has 0 unspecified atom stereocenters. The van der Waals surface area contributed by atoms with Crippen molar-refractivity contribution in [1.29, 1.82) is 0 Å². The van der Waals surface area contributed by atoms with Crippen molar-refractivity contribution in [1.82, 2.24) is 0 Å². The van der Waals surface area contributed by atoms with E-state index in [-0.39, 0.29) is 23.1 Å². The van der Waals surface area contributed by atoms with Crippen molar-refractivity contribution in [2.75, 3.05) is 23.5 Å². The summed E-state index contributed by atoms with van der Waals surface area (Å²) in [6.45, 7) is 0.429. The van der Waals surface area contributed by atoms with Crippen LogP contribution in [-0.2, 0) is 21.1 Å². The van der Waals surface area contributed by atoms with Crippen LogP contribution in [0.15, 0.2) is 12.1 Å². The Bertz CT molecular complexity index is 645. The molecule has 0 atom stereocenters. The fourth-order valence-corrected chi connectivity index (χ4v) is 3.10. The van der Waals surface area contributed by atoms with E-state index in [1.807, 2.05) is 0 Å². The average Bonchev–Trinajstić information content (AvgIpc) is 2.39. The Hall–Kier alpha value is -1.14. The molecule has 0 bridgehead atoms. The number of anilines is 1. The van der Waals surface area contributed by atoms with Crippen molar-refractivity contribution in [2.24, 2.45) is 0 Å². The lowest BCUT2D eigenvalue weighted by molar-refractivity contribution is -0.118. The summed E-state index contributed by atoms with van der Waals surface area (Å²) in [6, 6.07) is 2.90. The second-order valence-electron chi connectivity index (χ2n) is 4.90. The number of hydrogen-bond donors (Lipinski definition) is 0. The molecule has 20 heavy (non-hydrogen) atoms. The van der Waals surface area contributed by atoms with E-state index in [0.29, 0.717) is 12.2 Å². The summed E-state index contributed by atoms with van der Waals surface area (Å²) >= 11 is 5.95. The number of halogens is 2. The first kappa shape index (κ1) is 15.3. The minimum Gasteiger partial charge on any atom is -0.311 e. The van der Waals surface area contributed by atoms with Crippen LogP contribution < -0.4 is 4.90 Å². The zero-order valence-corrected chi connectivity index (χ0v) is 12.6. The largest absolute Gasteiger partial charge is 0.311 e. The maximum absolute atomic E-state index is 13.6. The molecule has 2 rings (SSSR count). The molecule has 4 nitrogen and oxygen atoms in total. The minimum atomic E-state index is -3.21. The molecule has 7 heteroatoms. The monoisotopic (exact) mass is 319 g/mol. The van der Waals surface area contributed by atoms with Crippen molar-refractivity contribution in [3.63, 3.8) is 0 Å². The van der Waals surface area contributed by atoms with E-state index in [0.717, 1.165) is 24.7 Å². The number of carbonyl (C=O) groups excluding carboxylic acids is 1. The Labute approximate surface area is 122 Å². The Morgan fingerprint density at radius 2 is 2.15 bits per heavy atom. The highest BCUT2D eigenvalue weighted by molar-refractivity contribution is 7.90. The summed E-state index contributed by atoms with van der Waals surface area (Å²) in [5.41, 5.74) is 1.20. The quantitative estimate of drug-likeness (QED) is 0.858. The van der Waals surface area contributed by atoms with Gasteiger partial charge in [0.2, 0.25) is 5.91 Å². The molecule has 0 saturated carbocycles. The number of aryl methyl sites for hydroxylation is 1. The normalized spacial score (nSPS) is 15.1. The predicted octanol–water partition coefficient (Wildman–Crippen LogP) is 2.19. The lowest BCUT2D eigenvalue weighted by Crippen LogP contribution is -2.36. The number of fused-ring (bicyclic) bond motifs is 1. The molecule has 1 aromatic carbocycles. The van der Waals surface area contributed by atoms with Gasteiger partial charge in [-0.2, -0.15) is 0 Å². The lowest BCUT2D eigenvalue weighted by atomic mass is 10.0. The molecule has 1 aliphatic rings. The van der Waals surface area contributed by atoms with Gasteiger partial charge in [-0.05, 0) is 24.5 Å². The molecule has 0 saturated heterocycles. The van der Waals surface area contributed by atoms with Crippen LogP contribution in [0.25, 0.3) is 0 Å². The van der Waals surface area contributed by atoms with Crippen LogP contribution >= 0.6 is 11.6 Å². The van der Waals surface area contributed by atoms with Gasteiger partial charge in [0.15, 0.2) is 0 Å². The summed E-state index contributed by atoms with van der Waals surface area (Å²) in [7, 11) is -3.21. The summed E-state index contributed by atoms with van der Waals surface area (Å²) in [4.78, 5) is 13.5. The number of carbonyl (C=O) groups is 1. The third-order valence-corrected chi connectivity index (χ3v) is 4.54. The maximum atomic E-state index is 13.6. The highest BCUT2D eigenvalue weighted by Crippen LogP contribution is 2.36. The first-order valence-electron chi connectivity index (χ1n) is 6.24. The van der Waals surface area contributed by atoms with Crippen LogP contribution in [0.2, 0.25) is 5.02 Å². The van der Waals surface area contributed by atoms with E-state index in [1.54, 1.807) is 6.07 Å². The molecule has 0 fully saturated rings. The second-order valence-corrected chi connectivity index (χ2v) is 7.54. The van der Waals surface area contributed by atoms with Crippen LogP contribution in [0.1, 0.15) is 18.4 Å². The number of benzene rings is 1. The van der Waals surface area contributed by atoms with Crippen molar-refractivity contribution >= 4 is 33.0 Å². The van der Waals surface area contributed by atoms with Gasteiger partial charge in [-0.25, -0.2) is 12.8 Å². The molecule has 0 aliphatic carbocycles. The van der Waals surface area contributed by atoms with Crippen LogP contribution in [-0.4, -0.2) is 32.9 Å². The average molecular weight is 320 g/mol. The van der Waals surface area contributed by atoms with Gasteiger partial charge in [0.25, 0.3) is 0 Å². The van der Waals surface area contributed by atoms with E-state index in [1.165, 1.54) is 11.0 Å². The van der Waals surface area contributed by atoms with Crippen LogP contribution in [0, 0.1) is 5.82 Å². The standard InChI is InChI=1S/C13H15ClFNO3S/c1-20(18,19)8-6-11(17)16-7-2-3-9-4-5-10(15)12(14)13(9)16/h4-5H,2-3,6-8H2,1H3. The molecule has 1 heterocycles. The molecule has 1 amide bonds. The maximum Gasteiger partial charge on any atom is 0.228 e. The van der Waals surface area contributed by atoms with Crippen molar-refractivity contribution in [2.45, 2.75) is 19.3 Å². The molecule has 1 aromatic rings. The fourth-order valence-electron chi connectivity index (χ4n) is 2.27. The molecular weight excluding hydrogens is 305 g/mol. The lowest BCUT2D eigenvalue weighted by Gasteiger charge is -2.30. The summed E-state index contributed by atoms with van der Waals surface area (Å²) in [5.74, 6) is -1.14. The van der Waals surface area contributed by atoms with Gasteiger partial charge < -0.3 is 4.90 Å². The van der Waals surface area contributed by atoms with E-state index in [4.69, 9.17) is 11.6 Å². The third-order valence-electron chi connectivity index (χ3n) is 3.24. The first-order valence-corrected chi connectivity index (χ1v) is 8.68. The van der Waals surface area contributed by atoms with E-state index < -0.39 is 15.7 Å². The van der Waals surface area contributed by atoms with E-state index in [2.05, 4.69) is 0 Å². The molecule has 0 N–H and O–H groups in total. The van der Waals surface area contributed by atoms with Gasteiger partial charge in [0.05, 0.1) is 11.4 Å². The predicted molar refractivity (Wildman–Crippen MR) is 76.4 cm³/mol. The number of amides is 1. The first-order chi connectivity index (χ1) is 9.29. The topological polar surface area (TPSA) is 54.5 Å². The zero-order chi connectivity index (χ0) is 14.9. The summed E-state index contributed by atoms with van der Waals surface area (Å²) in [5, 5.41) is -0.0742. The van der Waals surface area contributed by atoms with Gasteiger partial charge in [-0.1, -0.05) is 17.7 Å². The summed E-state index contributed by atoms with van der Waals surface area (Å²) in [6.07, 6.45) is 2.44. The van der Waals surface area contributed by atoms with Crippen molar-refractivity contribution in [3.05, 3.63) is 28.5 Å². The van der Waals surface area contributed by atoms with E-state index in [9.17, 15) is 17.6 Å². The van der Waals surface area contributed by atoms with Crippen LogP contribution in [0.4, 0.5) is 10.1 Å². The summed E-state index contributed by atoms with van der Waals surface area (Å²) < 4.78 is 35.8. The van der Waals surface area contributed by atoms with Gasteiger partial charge in [0.1, 0.15) is 20.7 Å². The third kappa shape index (κ3) is 3.30. The highest BCUT2D eigenvalue weighted by Gasteiger charge is 2.26. The molecule has 0 spiro atoms. The van der Waals surface area contributed by atoms with Crippen LogP contribution in [0.3, 0.4) is 0 Å². The Morgan fingerprint density at radius 1 is 1.45 bits per heavy atom. The smallest absolute Gasteiger partial charge is 0.228 e. The zero-order valence-electron chi connectivity index (χ0n) is 11.0. The Balaban J connectivity index is 2.28. The second kappa shape index (κ2) is 5.69. The number of sulfone groups is 1. The van der Waals surface area contributed by atoms with E-state index >= 15 is 0 Å². The highest BCUT2D eigenvalue weighted by atomic mass is 35.5. The number of nitrogens with zero attached hydrogens (tertiary/aromatic N) is 1. The molecule has 0 radical (unpaired) electrons. The molecule has 110 valence electrons. The van der Waals surface area contributed by atoms with Gasteiger partial charge in [-0.15, -0.1) is 0 Å². The van der Waals surface area contributed by atoms with Gasteiger partial charge in [0, 0.05) is 19.2 Å². The molecule has 0 aromatic heterocycles. The van der Waals surface area contributed by atoms with Gasteiger partial charge >= 0.3 is 0 Å². The van der Waals surface area contributed by atoms with Crippen molar-refractivity contribution in [3.8, 4) is 0 Å². The number of rotatable bonds is 3. The van der Waals surface area contributed by atoms with Crippen LogP contribution in [0.5, 0.6) is 0 Å². The van der Waals surface area contributed by atoms with Crippen molar-refractivity contribution < 1.29 is 17.6 Å².